The van der Waals surface area contributed by atoms with Crippen LogP contribution in [0.3, 0.4) is 0 Å². The predicted molar refractivity (Wildman–Crippen MR) is 80.5 cm³/mol. The number of benzene rings is 1. The Balaban J connectivity index is 0.00000200. The van der Waals surface area contributed by atoms with Crippen molar-refractivity contribution in [3.63, 3.8) is 0 Å². The minimum atomic E-state index is -0.404. The number of rotatable bonds is 6. The highest BCUT2D eigenvalue weighted by molar-refractivity contribution is 5.85. The second-order valence-corrected chi connectivity index (χ2v) is 4.31. The molecule has 0 saturated heterocycles. The number of aryl methyl sites for hydroxylation is 2. The fourth-order valence-corrected chi connectivity index (χ4v) is 1.83. The summed E-state index contributed by atoms with van der Waals surface area (Å²) in [5.41, 5.74) is 2.15. The first-order valence-electron chi connectivity index (χ1n) is 6.19. The van der Waals surface area contributed by atoms with E-state index < -0.39 is 6.67 Å². The number of hydrogen-bond acceptors (Lipinski definition) is 3. The Morgan fingerprint density at radius 3 is 2.60 bits per heavy atom. The summed E-state index contributed by atoms with van der Waals surface area (Å²) in [7, 11) is 1.65. The van der Waals surface area contributed by atoms with Crippen LogP contribution in [0.4, 0.5) is 10.2 Å². The number of halogens is 2. The van der Waals surface area contributed by atoms with Gasteiger partial charge in [0.15, 0.2) is 5.82 Å². The van der Waals surface area contributed by atoms with Crippen molar-refractivity contribution in [2.24, 2.45) is 0 Å². The molecular weight excluding hydrogens is 281 g/mol. The standard InChI is InChI=1S/C14H18FN3O.ClH/c1-11-10-18(8-7-15)17-14(11)16-9-12-3-5-13(19-2)6-4-12;/h3-6,10H,7-9H2,1-2H3,(H,16,17);1H. The summed E-state index contributed by atoms with van der Waals surface area (Å²) in [6, 6.07) is 7.84. The maximum atomic E-state index is 12.2. The molecule has 0 fully saturated rings. The average Bonchev–Trinajstić information content (AvgIpc) is 2.78. The number of nitrogens with one attached hydrogen (secondary N) is 1. The SMILES string of the molecule is COc1ccc(CNc2nn(CCF)cc2C)cc1.Cl. The Hall–Kier alpha value is -1.75. The Kier molecular flexibility index (Phi) is 6.31. The summed E-state index contributed by atoms with van der Waals surface area (Å²) < 4.78 is 19.0. The van der Waals surface area contributed by atoms with Gasteiger partial charge in [-0.05, 0) is 24.6 Å². The van der Waals surface area contributed by atoms with E-state index in [1.807, 2.05) is 37.4 Å². The Morgan fingerprint density at radius 1 is 1.30 bits per heavy atom. The van der Waals surface area contributed by atoms with Gasteiger partial charge in [-0.25, -0.2) is 4.39 Å². The number of alkyl halides is 1. The summed E-state index contributed by atoms with van der Waals surface area (Å²) in [4.78, 5) is 0. The number of hydrogen-bond donors (Lipinski definition) is 1. The highest BCUT2D eigenvalue weighted by Gasteiger charge is 2.04. The quantitative estimate of drug-likeness (QED) is 0.890. The molecule has 0 aliphatic heterocycles. The molecule has 0 atom stereocenters. The highest BCUT2D eigenvalue weighted by atomic mass is 35.5. The van der Waals surface area contributed by atoms with Gasteiger partial charge in [0, 0.05) is 18.3 Å². The number of nitrogens with zero attached hydrogens (tertiary/aromatic N) is 2. The molecule has 0 spiro atoms. The van der Waals surface area contributed by atoms with Crippen LogP contribution >= 0.6 is 12.4 Å². The molecule has 2 rings (SSSR count). The second kappa shape index (κ2) is 7.75. The van der Waals surface area contributed by atoms with E-state index >= 15 is 0 Å². The van der Waals surface area contributed by atoms with E-state index in [1.165, 1.54) is 0 Å². The molecule has 0 bridgehead atoms. The van der Waals surface area contributed by atoms with Gasteiger partial charge in [-0.3, -0.25) is 4.68 Å². The molecule has 1 aromatic carbocycles. The van der Waals surface area contributed by atoms with Gasteiger partial charge < -0.3 is 10.1 Å². The zero-order chi connectivity index (χ0) is 13.7. The molecule has 0 aliphatic carbocycles. The van der Waals surface area contributed by atoms with Crippen LogP contribution in [0.1, 0.15) is 11.1 Å². The lowest BCUT2D eigenvalue weighted by Gasteiger charge is -2.05. The van der Waals surface area contributed by atoms with Gasteiger partial charge in [-0.1, -0.05) is 12.1 Å². The fourth-order valence-electron chi connectivity index (χ4n) is 1.83. The molecule has 2 aromatic rings. The molecule has 0 radical (unpaired) electrons. The summed E-state index contributed by atoms with van der Waals surface area (Å²) >= 11 is 0. The van der Waals surface area contributed by atoms with Crippen molar-refractivity contribution in [1.29, 1.82) is 0 Å². The van der Waals surface area contributed by atoms with Crippen molar-refractivity contribution in [2.75, 3.05) is 19.1 Å². The highest BCUT2D eigenvalue weighted by Crippen LogP contribution is 2.15. The molecule has 4 nitrogen and oxygen atoms in total. The van der Waals surface area contributed by atoms with E-state index in [0.29, 0.717) is 13.1 Å². The van der Waals surface area contributed by atoms with Crippen LogP contribution in [-0.2, 0) is 13.1 Å². The van der Waals surface area contributed by atoms with Crippen LogP contribution < -0.4 is 10.1 Å². The molecule has 1 N–H and O–H groups in total. The summed E-state index contributed by atoms with van der Waals surface area (Å²) in [5, 5.41) is 7.54. The van der Waals surface area contributed by atoms with E-state index in [2.05, 4.69) is 10.4 Å². The third-order valence-electron chi connectivity index (χ3n) is 2.88. The molecule has 1 aromatic heterocycles. The van der Waals surface area contributed by atoms with Crippen LogP contribution in [0.2, 0.25) is 0 Å². The van der Waals surface area contributed by atoms with E-state index in [9.17, 15) is 4.39 Å². The van der Waals surface area contributed by atoms with E-state index in [4.69, 9.17) is 4.74 Å². The molecule has 20 heavy (non-hydrogen) atoms. The third kappa shape index (κ3) is 4.13. The van der Waals surface area contributed by atoms with Crippen molar-refractivity contribution in [3.8, 4) is 5.75 Å². The topological polar surface area (TPSA) is 39.1 Å². The van der Waals surface area contributed by atoms with Gasteiger partial charge in [0.2, 0.25) is 0 Å². The predicted octanol–water partition coefficient (Wildman–Crippen LogP) is 3.20. The minimum absolute atomic E-state index is 0. The van der Waals surface area contributed by atoms with Gasteiger partial charge in [-0.2, -0.15) is 5.10 Å². The van der Waals surface area contributed by atoms with Crippen LogP contribution in [-0.4, -0.2) is 23.6 Å². The summed E-state index contributed by atoms with van der Waals surface area (Å²) in [6.07, 6.45) is 1.84. The molecule has 1 heterocycles. The molecular formula is C14H19ClFN3O. The van der Waals surface area contributed by atoms with Gasteiger partial charge >= 0.3 is 0 Å². The Labute approximate surface area is 124 Å². The molecule has 0 saturated carbocycles. The first-order chi connectivity index (χ1) is 9.22. The molecule has 6 heteroatoms. The Bertz CT molecular complexity index is 528. The van der Waals surface area contributed by atoms with Crippen LogP contribution in [0.5, 0.6) is 5.75 Å². The van der Waals surface area contributed by atoms with Gasteiger partial charge in [0.05, 0.1) is 13.7 Å². The summed E-state index contributed by atoms with van der Waals surface area (Å²) in [6.45, 7) is 2.53. The van der Waals surface area contributed by atoms with Gasteiger partial charge in [0.1, 0.15) is 12.4 Å². The molecule has 110 valence electrons. The smallest absolute Gasteiger partial charge is 0.151 e. The average molecular weight is 300 g/mol. The lowest BCUT2D eigenvalue weighted by Crippen LogP contribution is -2.04. The van der Waals surface area contributed by atoms with Crippen molar-refractivity contribution in [1.82, 2.24) is 9.78 Å². The van der Waals surface area contributed by atoms with E-state index in [0.717, 1.165) is 22.7 Å². The van der Waals surface area contributed by atoms with Crippen LogP contribution in [0, 0.1) is 6.92 Å². The van der Waals surface area contributed by atoms with E-state index in [-0.39, 0.29) is 12.4 Å². The van der Waals surface area contributed by atoms with Crippen molar-refractivity contribution < 1.29 is 9.13 Å². The largest absolute Gasteiger partial charge is 0.497 e. The minimum Gasteiger partial charge on any atom is -0.497 e. The zero-order valence-electron chi connectivity index (χ0n) is 11.6. The van der Waals surface area contributed by atoms with Crippen molar-refractivity contribution >= 4 is 18.2 Å². The number of ether oxygens (including phenoxy) is 1. The van der Waals surface area contributed by atoms with E-state index in [1.54, 1.807) is 11.8 Å². The van der Waals surface area contributed by atoms with Crippen LogP contribution in [0.15, 0.2) is 30.5 Å². The first kappa shape index (κ1) is 16.3. The lowest BCUT2D eigenvalue weighted by molar-refractivity contribution is 0.414. The number of aromatic nitrogens is 2. The zero-order valence-corrected chi connectivity index (χ0v) is 12.4. The Morgan fingerprint density at radius 2 is 2.00 bits per heavy atom. The number of methoxy groups -OCH3 is 1. The lowest BCUT2D eigenvalue weighted by atomic mass is 10.2. The first-order valence-corrected chi connectivity index (χ1v) is 6.19. The summed E-state index contributed by atoms with van der Waals surface area (Å²) in [5.74, 6) is 1.64. The molecule has 0 amide bonds. The van der Waals surface area contributed by atoms with Gasteiger partial charge in [-0.15, -0.1) is 12.4 Å². The third-order valence-corrected chi connectivity index (χ3v) is 2.88. The van der Waals surface area contributed by atoms with Crippen LogP contribution in [0.25, 0.3) is 0 Å². The number of anilines is 1. The maximum absolute atomic E-state index is 12.2. The molecule has 0 unspecified atom stereocenters. The van der Waals surface area contributed by atoms with Crippen molar-refractivity contribution in [3.05, 3.63) is 41.6 Å². The fraction of sp³-hybridized carbons (Fsp3) is 0.357. The van der Waals surface area contributed by atoms with Gasteiger partial charge in [0.25, 0.3) is 0 Å². The maximum Gasteiger partial charge on any atom is 0.151 e. The second-order valence-electron chi connectivity index (χ2n) is 4.31. The normalized spacial score (nSPS) is 9.95. The molecule has 0 aliphatic rings. The monoisotopic (exact) mass is 299 g/mol. The van der Waals surface area contributed by atoms with Crippen molar-refractivity contribution in [2.45, 2.75) is 20.0 Å².